The van der Waals surface area contributed by atoms with Crippen LogP contribution in [0.4, 0.5) is 0 Å². The van der Waals surface area contributed by atoms with Crippen LogP contribution in [-0.2, 0) is 9.53 Å². The Morgan fingerprint density at radius 2 is 1.94 bits per heavy atom. The molecule has 0 aromatic heterocycles. The maximum atomic E-state index is 11.0. The molecule has 0 bridgehead atoms. The summed E-state index contributed by atoms with van der Waals surface area (Å²) in [6, 6.07) is 6.47. The minimum absolute atomic E-state index is 0.157. The van der Waals surface area contributed by atoms with Crippen molar-refractivity contribution in [2.24, 2.45) is 0 Å². The van der Waals surface area contributed by atoms with Crippen molar-refractivity contribution >= 4 is 5.97 Å². The summed E-state index contributed by atoms with van der Waals surface area (Å²) in [7, 11) is 0. The summed E-state index contributed by atoms with van der Waals surface area (Å²) in [5.74, 6) is 0.628. The number of carbonyl (C=O) groups is 1. The highest BCUT2D eigenvalue weighted by Gasteiger charge is 2.10. The largest absolute Gasteiger partial charge is 0.508 e. The molecule has 0 aliphatic heterocycles. The topological polar surface area (TPSA) is 55.8 Å². The predicted octanol–water partition coefficient (Wildman–Crippen LogP) is 2.50. The molecule has 1 N–H and O–H groups in total. The predicted molar refractivity (Wildman–Crippen MR) is 64.1 cm³/mol. The van der Waals surface area contributed by atoms with Crippen LogP contribution in [0.3, 0.4) is 0 Å². The monoisotopic (exact) mass is 238 g/mol. The van der Waals surface area contributed by atoms with Crippen molar-refractivity contribution in [3.8, 4) is 11.5 Å². The molecule has 0 heterocycles. The van der Waals surface area contributed by atoms with Gasteiger partial charge in [-0.1, -0.05) is 13.8 Å². The summed E-state index contributed by atoms with van der Waals surface area (Å²) < 4.78 is 10.7. The van der Waals surface area contributed by atoms with Crippen molar-refractivity contribution in [1.29, 1.82) is 0 Å². The third-order valence-electron chi connectivity index (χ3n) is 2.31. The van der Waals surface area contributed by atoms with E-state index in [-0.39, 0.29) is 24.4 Å². The number of aromatic hydroxyl groups is 1. The number of carbonyl (C=O) groups excluding carboxylic acids is 1. The van der Waals surface area contributed by atoms with Crippen molar-refractivity contribution in [2.45, 2.75) is 32.8 Å². The number of benzene rings is 1. The lowest BCUT2D eigenvalue weighted by atomic mass is 10.3. The van der Waals surface area contributed by atoms with E-state index in [1.165, 1.54) is 0 Å². The molecule has 4 nitrogen and oxygen atoms in total. The second-order valence-corrected chi connectivity index (χ2v) is 3.68. The third kappa shape index (κ3) is 4.76. The maximum Gasteiger partial charge on any atom is 0.305 e. The lowest BCUT2D eigenvalue weighted by Crippen LogP contribution is -2.24. The zero-order valence-corrected chi connectivity index (χ0v) is 10.2. The summed E-state index contributed by atoms with van der Waals surface area (Å²) >= 11 is 0. The molecule has 0 amide bonds. The van der Waals surface area contributed by atoms with Crippen LogP contribution >= 0.6 is 0 Å². The van der Waals surface area contributed by atoms with E-state index in [9.17, 15) is 4.79 Å². The number of hydrogen-bond donors (Lipinski definition) is 1. The van der Waals surface area contributed by atoms with E-state index in [0.717, 1.165) is 6.42 Å². The van der Waals surface area contributed by atoms with Gasteiger partial charge in [0.1, 0.15) is 24.2 Å². The number of ether oxygens (including phenoxy) is 2. The summed E-state index contributed by atoms with van der Waals surface area (Å²) in [5.41, 5.74) is 0. The first-order chi connectivity index (χ1) is 8.15. The Morgan fingerprint density at radius 1 is 1.29 bits per heavy atom. The fraction of sp³-hybridized carbons (Fsp3) is 0.462. The molecule has 0 aliphatic rings. The van der Waals surface area contributed by atoms with Gasteiger partial charge in [0.05, 0.1) is 0 Å². The van der Waals surface area contributed by atoms with Gasteiger partial charge in [-0.05, 0) is 30.7 Å². The van der Waals surface area contributed by atoms with Gasteiger partial charge in [-0.2, -0.15) is 0 Å². The highest BCUT2D eigenvalue weighted by atomic mass is 16.6. The number of rotatable bonds is 6. The van der Waals surface area contributed by atoms with E-state index in [1.807, 2.05) is 6.92 Å². The average Bonchev–Trinajstić information content (AvgIpc) is 2.36. The molecule has 0 aliphatic carbocycles. The maximum absolute atomic E-state index is 11.0. The average molecular weight is 238 g/mol. The SMILES string of the molecule is CCC(=O)OCC(CC)Oc1ccc(O)cc1. The summed E-state index contributed by atoms with van der Waals surface area (Å²) in [6.45, 7) is 3.97. The van der Waals surface area contributed by atoms with Gasteiger partial charge in [0.25, 0.3) is 0 Å². The highest BCUT2D eigenvalue weighted by molar-refractivity contribution is 5.68. The molecule has 4 heteroatoms. The molecule has 1 aromatic rings. The number of hydrogen-bond acceptors (Lipinski definition) is 4. The van der Waals surface area contributed by atoms with Crippen molar-refractivity contribution in [2.75, 3.05) is 6.61 Å². The van der Waals surface area contributed by atoms with E-state index in [0.29, 0.717) is 12.2 Å². The van der Waals surface area contributed by atoms with E-state index >= 15 is 0 Å². The van der Waals surface area contributed by atoms with Gasteiger partial charge in [-0.15, -0.1) is 0 Å². The third-order valence-corrected chi connectivity index (χ3v) is 2.31. The molecule has 0 radical (unpaired) electrons. The van der Waals surface area contributed by atoms with Crippen LogP contribution in [0.2, 0.25) is 0 Å². The Hall–Kier alpha value is -1.71. The second kappa shape index (κ2) is 6.78. The first-order valence-corrected chi connectivity index (χ1v) is 5.77. The van der Waals surface area contributed by atoms with Gasteiger partial charge in [-0.25, -0.2) is 0 Å². The number of phenols is 1. The van der Waals surface area contributed by atoms with Crippen LogP contribution in [-0.4, -0.2) is 23.8 Å². The van der Waals surface area contributed by atoms with Gasteiger partial charge in [0, 0.05) is 6.42 Å². The van der Waals surface area contributed by atoms with Crippen LogP contribution in [0, 0.1) is 0 Å². The van der Waals surface area contributed by atoms with Gasteiger partial charge in [-0.3, -0.25) is 4.79 Å². The normalized spacial score (nSPS) is 11.9. The van der Waals surface area contributed by atoms with Crippen LogP contribution < -0.4 is 4.74 Å². The molecule has 1 unspecified atom stereocenters. The Morgan fingerprint density at radius 3 is 2.47 bits per heavy atom. The molecule has 17 heavy (non-hydrogen) atoms. The minimum Gasteiger partial charge on any atom is -0.508 e. The summed E-state index contributed by atoms with van der Waals surface area (Å²) in [5, 5.41) is 9.13. The summed E-state index contributed by atoms with van der Waals surface area (Å²) in [6.07, 6.45) is 0.961. The zero-order chi connectivity index (χ0) is 12.7. The Bertz CT molecular complexity index is 345. The molecular weight excluding hydrogens is 220 g/mol. The molecule has 1 atom stereocenters. The zero-order valence-electron chi connectivity index (χ0n) is 10.2. The van der Waals surface area contributed by atoms with Crippen molar-refractivity contribution in [3.05, 3.63) is 24.3 Å². The van der Waals surface area contributed by atoms with Crippen LogP contribution in [0.15, 0.2) is 24.3 Å². The molecular formula is C13H18O4. The Kier molecular flexibility index (Phi) is 5.33. The molecule has 1 aromatic carbocycles. The van der Waals surface area contributed by atoms with E-state index < -0.39 is 0 Å². The van der Waals surface area contributed by atoms with E-state index in [1.54, 1.807) is 31.2 Å². The molecule has 0 fully saturated rings. The Balaban J connectivity index is 2.46. The fourth-order valence-corrected chi connectivity index (χ4v) is 1.24. The first kappa shape index (κ1) is 13.4. The lowest BCUT2D eigenvalue weighted by molar-refractivity contribution is -0.145. The molecule has 94 valence electrons. The van der Waals surface area contributed by atoms with E-state index in [4.69, 9.17) is 14.6 Å². The minimum atomic E-state index is -0.224. The van der Waals surface area contributed by atoms with Gasteiger partial charge >= 0.3 is 5.97 Å². The van der Waals surface area contributed by atoms with Crippen LogP contribution in [0.1, 0.15) is 26.7 Å². The molecule has 0 spiro atoms. The number of phenolic OH excluding ortho intramolecular Hbond substituents is 1. The van der Waals surface area contributed by atoms with Gasteiger partial charge in [0.2, 0.25) is 0 Å². The smallest absolute Gasteiger partial charge is 0.305 e. The number of esters is 1. The van der Waals surface area contributed by atoms with Crippen molar-refractivity contribution < 1.29 is 19.4 Å². The standard InChI is InChI=1S/C13H18O4/c1-3-11(9-16-13(15)4-2)17-12-7-5-10(14)6-8-12/h5-8,11,14H,3-4,9H2,1-2H3. The van der Waals surface area contributed by atoms with Crippen molar-refractivity contribution in [3.63, 3.8) is 0 Å². The van der Waals surface area contributed by atoms with E-state index in [2.05, 4.69) is 0 Å². The van der Waals surface area contributed by atoms with Crippen LogP contribution in [0.5, 0.6) is 11.5 Å². The highest BCUT2D eigenvalue weighted by Crippen LogP contribution is 2.18. The van der Waals surface area contributed by atoms with Gasteiger partial charge < -0.3 is 14.6 Å². The second-order valence-electron chi connectivity index (χ2n) is 3.68. The van der Waals surface area contributed by atoms with Gasteiger partial charge in [0.15, 0.2) is 0 Å². The first-order valence-electron chi connectivity index (χ1n) is 5.77. The lowest BCUT2D eigenvalue weighted by Gasteiger charge is -2.17. The van der Waals surface area contributed by atoms with Crippen molar-refractivity contribution in [1.82, 2.24) is 0 Å². The molecule has 0 saturated carbocycles. The quantitative estimate of drug-likeness (QED) is 0.774. The fourth-order valence-electron chi connectivity index (χ4n) is 1.24. The van der Waals surface area contributed by atoms with Crippen LogP contribution in [0.25, 0.3) is 0 Å². The molecule has 1 rings (SSSR count). The molecule has 0 saturated heterocycles. The summed E-state index contributed by atoms with van der Waals surface area (Å²) in [4.78, 5) is 11.0. The Labute approximate surface area is 101 Å².